The summed E-state index contributed by atoms with van der Waals surface area (Å²) in [6.07, 6.45) is 1.80. The number of methoxy groups -OCH3 is 1. The highest BCUT2D eigenvalue weighted by atomic mass is 16.5. The molecule has 0 aromatic rings. The van der Waals surface area contributed by atoms with Crippen molar-refractivity contribution in [2.45, 2.75) is 39.7 Å². The van der Waals surface area contributed by atoms with Crippen molar-refractivity contribution in [3.63, 3.8) is 0 Å². The van der Waals surface area contributed by atoms with Gasteiger partial charge in [-0.05, 0) is 19.8 Å². The molecule has 100 valence electrons. The number of esters is 1. The molecule has 17 heavy (non-hydrogen) atoms. The third-order valence-electron chi connectivity index (χ3n) is 2.61. The van der Waals surface area contributed by atoms with Crippen molar-refractivity contribution in [1.82, 2.24) is 10.2 Å². The molecule has 0 aliphatic carbocycles. The maximum Gasteiger partial charge on any atom is 0.325 e. The van der Waals surface area contributed by atoms with Gasteiger partial charge in [-0.2, -0.15) is 0 Å². The highest BCUT2D eigenvalue weighted by Gasteiger charge is 2.16. The van der Waals surface area contributed by atoms with E-state index in [1.165, 1.54) is 12.0 Å². The second-order valence-corrected chi connectivity index (χ2v) is 4.08. The smallest absolute Gasteiger partial charge is 0.325 e. The van der Waals surface area contributed by atoms with Gasteiger partial charge in [-0.15, -0.1) is 0 Å². The summed E-state index contributed by atoms with van der Waals surface area (Å²) in [6, 6.07) is 0.306. The molecule has 5 heteroatoms. The van der Waals surface area contributed by atoms with Crippen LogP contribution in [0.4, 0.5) is 0 Å². The largest absolute Gasteiger partial charge is 0.468 e. The summed E-state index contributed by atoms with van der Waals surface area (Å²) in [5, 5.41) is 3.12. The predicted octanol–water partition coefficient (Wildman–Crippen LogP) is 0.786. The van der Waals surface area contributed by atoms with Crippen LogP contribution in [0.25, 0.3) is 0 Å². The quantitative estimate of drug-likeness (QED) is 0.641. The molecule has 0 aliphatic rings. The maximum absolute atomic E-state index is 11.9. The van der Waals surface area contributed by atoms with E-state index in [9.17, 15) is 9.59 Å². The van der Waals surface area contributed by atoms with Gasteiger partial charge < -0.3 is 15.0 Å². The molecule has 0 aliphatic heterocycles. The SMILES string of the molecule is CCCN(CC(=O)OC)C(=O)CNC(C)CC. The van der Waals surface area contributed by atoms with E-state index in [2.05, 4.69) is 17.0 Å². The Hall–Kier alpha value is -1.10. The highest BCUT2D eigenvalue weighted by Crippen LogP contribution is 1.95. The third-order valence-corrected chi connectivity index (χ3v) is 2.61. The summed E-state index contributed by atoms with van der Waals surface area (Å²) in [7, 11) is 1.33. The van der Waals surface area contributed by atoms with Crippen molar-refractivity contribution < 1.29 is 14.3 Å². The fourth-order valence-corrected chi connectivity index (χ4v) is 1.30. The van der Waals surface area contributed by atoms with Gasteiger partial charge in [0, 0.05) is 12.6 Å². The van der Waals surface area contributed by atoms with Crippen molar-refractivity contribution in [2.75, 3.05) is 26.7 Å². The maximum atomic E-state index is 11.9. The first-order chi connectivity index (χ1) is 8.04. The first kappa shape index (κ1) is 15.9. The van der Waals surface area contributed by atoms with E-state index in [1.54, 1.807) is 0 Å². The van der Waals surface area contributed by atoms with Crippen molar-refractivity contribution in [3.05, 3.63) is 0 Å². The number of hydrogen-bond acceptors (Lipinski definition) is 4. The second kappa shape index (κ2) is 8.98. The number of nitrogens with zero attached hydrogens (tertiary/aromatic N) is 1. The van der Waals surface area contributed by atoms with Gasteiger partial charge in [0.2, 0.25) is 5.91 Å². The summed E-state index contributed by atoms with van der Waals surface area (Å²) in [6.45, 7) is 6.94. The zero-order chi connectivity index (χ0) is 13.3. The number of nitrogens with one attached hydrogen (secondary N) is 1. The Morgan fingerprint density at radius 2 is 2.00 bits per heavy atom. The molecule has 0 aromatic heterocycles. The monoisotopic (exact) mass is 244 g/mol. The van der Waals surface area contributed by atoms with Crippen molar-refractivity contribution >= 4 is 11.9 Å². The standard InChI is InChI=1S/C12H24N2O3/c1-5-7-14(9-12(16)17-4)11(15)8-13-10(3)6-2/h10,13H,5-9H2,1-4H3. The number of ether oxygens (including phenoxy) is 1. The number of carbonyl (C=O) groups is 2. The van der Waals surface area contributed by atoms with Crippen LogP contribution in [0.5, 0.6) is 0 Å². The van der Waals surface area contributed by atoms with E-state index in [0.717, 1.165) is 12.8 Å². The van der Waals surface area contributed by atoms with Crippen LogP contribution in [0.3, 0.4) is 0 Å². The molecular weight excluding hydrogens is 220 g/mol. The average Bonchev–Trinajstić information content (AvgIpc) is 2.34. The van der Waals surface area contributed by atoms with Crippen molar-refractivity contribution in [1.29, 1.82) is 0 Å². The van der Waals surface area contributed by atoms with Gasteiger partial charge in [0.05, 0.1) is 13.7 Å². The molecule has 0 aromatic carbocycles. The second-order valence-electron chi connectivity index (χ2n) is 4.08. The Morgan fingerprint density at radius 1 is 1.35 bits per heavy atom. The summed E-state index contributed by atoms with van der Waals surface area (Å²) < 4.78 is 4.57. The zero-order valence-electron chi connectivity index (χ0n) is 11.3. The van der Waals surface area contributed by atoms with Crippen LogP contribution in [-0.2, 0) is 14.3 Å². The molecule has 0 heterocycles. The number of carbonyl (C=O) groups excluding carboxylic acids is 2. The van der Waals surface area contributed by atoms with E-state index in [4.69, 9.17) is 0 Å². The third kappa shape index (κ3) is 6.94. The molecule has 0 rings (SSSR count). The van der Waals surface area contributed by atoms with Gasteiger partial charge in [0.1, 0.15) is 6.54 Å². The minimum atomic E-state index is -0.379. The first-order valence-corrected chi connectivity index (χ1v) is 6.13. The summed E-state index contributed by atoms with van der Waals surface area (Å²) in [5.41, 5.74) is 0. The Morgan fingerprint density at radius 3 is 2.47 bits per heavy atom. The molecule has 1 atom stereocenters. The Kier molecular flexibility index (Phi) is 8.40. The van der Waals surface area contributed by atoms with Crippen LogP contribution < -0.4 is 5.32 Å². The molecule has 1 unspecified atom stereocenters. The van der Waals surface area contributed by atoms with Crippen molar-refractivity contribution in [2.24, 2.45) is 0 Å². The van der Waals surface area contributed by atoms with Crippen molar-refractivity contribution in [3.8, 4) is 0 Å². The van der Waals surface area contributed by atoms with Crippen LogP contribution >= 0.6 is 0 Å². The minimum absolute atomic E-state index is 0.0331. The molecule has 0 bridgehead atoms. The van der Waals surface area contributed by atoms with Gasteiger partial charge >= 0.3 is 5.97 Å². The number of amides is 1. The van der Waals surface area contributed by atoms with Crippen LogP contribution in [-0.4, -0.2) is 49.6 Å². The Labute approximate surface area is 103 Å². The molecular formula is C12H24N2O3. The van der Waals surface area contributed by atoms with E-state index >= 15 is 0 Å². The molecule has 0 radical (unpaired) electrons. The van der Waals surface area contributed by atoms with Crippen LogP contribution in [0.15, 0.2) is 0 Å². The zero-order valence-corrected chi connectivity index (χ0v) is 11.3. The summed E-state index contributed by atoms with van der Waals surface area (Å²) >= 11 is 0. The Balaban J connectivity index is 4.18. The topological polar surface area (TPSA) is 58.6 Å². The van der Waals surface area contributed by atoms with Crippen LogP contribution in [0.2, 0.25) is 0 Å². The number of hydrogen-bond donors (Lipinski definition) is 1. The lowest BCUT2D eigenvalue weighted by molar-refractivity contribution is -0.146. The van der Waals surface area contributed by atoms with E-state index in [1.807, 2.05) is 13.8 Å². The molecule has 0 fully saturated rings. The van der Waals surface area contributed by atoms with E-state index in [-0.39, 0.29) is 25.0 Å². The van der Waals surface area contributed by atoms with Crippen LogP contribution in [0, 0.1) is 0 Å². The molecule has 0 saturated heterocycles. The van der Waals surface area contributed by atoms with E-state index in [0.29, 0.717) is 12.6 Å². The van der Waals surface area contributed by atoms with Gasteiger partial charge in [0.25, 0.3) is 0 Å². The normalized spacial score (nSPS) is 12.0. The Bertz CT molecular complexity index is 244. The lowest BCUT2D eigenvalue weighted by atomic mass is 10.2. The molecule has 1 N–H and O–H groups in total. The fraction of sp³-hybridized carbons (Fsp3) is 0.833. The molecule has 1 amide bonds. The lowest BCUT2D eigenvalue weighted by Crippen LogP contribution is -2.43. The number of rotatable bonds is 8. The van der Waals surface area contributed by atoms with Gasteiger partial charge in [-0.3, -0.25) is 9.59 Å². The fourth-order valence-electron chi connectivity index (χ4n) is 1.30. The first-order valence-electron chi connectivity index (χ1n) is 6.13. The van der Waals surface area contributed by atoms with Crippen LogP contribution in [0.1, 0.15) is 33.6 Å². The van der Waals surface area contributed by atoms with Gasteiger partial charge in [-0.1, -0.05) is 13.8 Å². The van der Waals surface area contributed by atoms with Gasteiger partial charge in [0.15, 0.2) is 0 Å². The predicted molar refractivity (Wildman–Crippen MR) is 66.6 cm³/mol. The average molecular weight is 244 g/mol. The summed E-state index contributed by atoms with van der Waals surface area (Å²) in [4.78, 5) is 24.5. The molecule has 0 saturated carbocycles. The molecule has 5 nitrogen and oxygen atoms in total. The lowest BCUT2D eigenvalue weighted by Gasteiger charge is -2.22. The van der Waals surface area contributed by atoms with E-state index < -0.39 is 0 Å². The molecule has 0 spiro atoms. The minimum Gasteiger partial charge on any atom is -0.468 e. The van der Waals surface area contributed by atoms with Gasteiger partial charge in [-0.25, -0.2) is 0 Å². The highest BCUT2D eigenvalue weighted by molar-refractivity contribution is 5.83. The summed E-state index contributed by atoms with van der Waals surface area (Å²) in [5.74, 6) is -0.437.